The summed E-state index contributed by atoms with van der Waals surface area (Å²) >= 11 is 6.30. The summed E-state index contributed by atoms with van der Waals surface area (Å²) in [6.07, 6.45) is 9.69. The van der Waals surface area contributed by atoms with E-state index < -0.39 is 0 Å². The molecule has 1 saturated carbocycles. The van der Waals surface area contributed by atoms with Crippen molar-refractivity contribution in [3.05, 3.63) is 59.9 Å². The Labute approximate surface area is 164 Å². The van der Waals surface area contributed by atoms with Crippen LogP contribution in [0.3, 0.4) is 0 Å². The molecule has 0 spiro atoms. The van der Waals surface area contributed by atoms with Crippen molar-refractivity contribution < 1.29 is 0 Å². The Hall–Kier alpha value is -2.66. The largest absolute Gasteiger partial charge is 0.351 e. The molecule has 3 aromatic rings. The van der Waals surface area contributed by atoms with Gasteiger partial charge < -0.3 is 10.6 Å². The molecule has 1 fully saturated rings. The van der Waals surface area contributed by atoms with Gasteiger partial charge in [-0.3, -0.25) is 4.98 Å². The van der Waals surface area contributed by atoms with Gasteiger partial charge in [0.1, 0.15) is 5.82 Å². The lowest BCUT2D eigenvalue weighted by atomic mass is 9.96. The average Bonchev–Trinajstić information content (AvgIpc) is 2.71. The minimum atomic E-state index is 0.430. The quantitative estimate of drug-likeness (QED) is 0.597. The van der Waals surface area contributed by atoms with E-state index in [-0.39, 0.29) is 0 Å². The Morgan fingerprint density at radius 2 is 1.70 bits per heavy atom. The highest BCUT2D eigenvalue weighted by Gasteiger charge is 2.16. The molecular weight excluding hydrogens is 358 g/mol. The molecule has 0 amide bonds. The first-order valence-electron chi connectivity index (χ1n) is 9.35. The van der Waals surface area contributed by atoms with Gasteiger partial charge in [0.2, 0.25) is 5.95 Å². The summed E-state index contributed by atoms with van der Waals surface area (Å²) in [5.41, 5.74) is 2.67. The van der Waals surface area contributed by atoms with Crippen LogP contribution in [0.1, 0.15) is 32.1 Å². The van der Waals surface area contributed by atoms with E-state index in [4.69, 9.17) is 16.6 Å². The zero-order chi connectivity index (χ0) is 18.5. The number of anilines is 3. The topological polar surface area (TPSA) is 62.7 Å². The lowest BCUT2D eigenvalue weighted by Gasteiger charge is -2.23. The van der Waals surface area contributed by atoms with Gasteiger partial charge in [-0.25, -0.2) is 4.98 Å². The number of nitrogens with zero attached hydrogens (tertiary/aromatic N) is 3. The first-order valence-corrected chi connectivity index (χ1v) is 9.73. The number of benzene rings is 1. The summed E-state index contributed by atoms with van der Waals surface area (Å²) in [6, 6.07) is 13.9. The first-order chi connectivity index (χ1) is 13.3. The summed E-state index contributed by atoms with van der Waals surface area (Å²) in [5, 5.41) is 7.50. The molecule has 6 heteroatoms. The van der Waals surface area contributed by atoms with Gasteiger partial charge >= 0.3 is 0 Å². The van der Waals surface area contributed by atoms with Gasteiger partial charge in [0.05, 0.1) is 16.4 Å². The lowest BCUT2D eigenvalue weighted by Crippen LogP contribution is -2.23. The van der Waals surface area contributed by atoms with E-state index in [0.29, 0.717) is 22.8 Å². The summed E-state index contributed by atoms with van der Waals surface area (Å²) in [7, 11) is 0. The molecule has 0 atom stereocenters. The lowest BCUT2D eigenvalue weighted by molar-refractivity contribution is 0.461. The summed E-state index contributed by atoms with van der Waals surface area (Å²) < 4.78 is 0. The van der Waals surface area contributed by atoms with E-state index in [1.54, 1.807) is 12.4 Å². The minimum absolute atomic E-state index is 0.430. The van der Waals surface area contributed by atoms with Crippen LogP contribution < -0.4 is 10.6 Å². The normalized spacial score (nSPS) is 14.7. The highest BCUT2D eigenvalue weighted by Crippen LogP contribution is 2.28. The van der Waals surface area contributed by atoms with Crippen LogP contribution in [0.4, 0.5) is 17.5 Å². The first kappa shape index (κ1) is 17.7. The van der Waals surface area contributed by atoms with Crippen molar-refractivity contribution >= 4 is 29.1 Å². The Kier molecular flexibility index (Phi) is 5.49. The van der Waals surface area contributed by atoms with Crippen molar-refractivity contribution in [2.45, 2.75) is 38.1 Å². The van der Waals surface area contributed by atoms with Crippen molar-refractivity contribution in [3.8, 4) is 11.3 Å². The van der Waals surface area contributed by atoms with Crippen LogP contribution in [0.25, 0.3) is 11.3 Å². The number of aromatic nitrogens is 3. The molecule has 0 radical (unpaired) electrons. The molecule has 5 nitrogen and oxygen atoms in total. The highest BCUT2D eigenvalue weighted by atomic mass is 35.5. The second-order valence-electron chi connectivity index (χ2n) is 6.78. The van der Waals surface area contributed by atoms with Crippen LogP contribution in [0.2, 0.25) is 5.02 Å². The van der Waals surface area contributed by atoms with E-state index >= 15 is 0 Å². The third-order valence-electron chi connectivity index (χ3n) is 4.78. The van der Waals surface area contributed by atoms with E-state index in [0.717, 1.165) is 29.8 Å². The molecular formula is C21H22ClN5. The SMILES string of the molecule is Clc1ccccc1Nc1cc(-c2ccncc2)nc(NC2CCCCC2)n1. The fraction of sp³-hybridized carbons (Fsp3) is 0.286. The van der Waals surface area contributed by atoms with Crippen molar-refractivity contribution in [1.82, 2.24) is 15.0 Å². The van der Waals surface area contributed by atoms with E-state index in [2.05, 4.69) is 20.6 Å². The molecule has 27 heavy (non-hydrogen) atoms. The standard InChI is InChI=1S/C21H22ClN5/c22-17-8-4-5-9-18(17)25-20-14-19(15-10-12-23-13-11-15)26-21(27-20)24-16-6-2-1-3-7-16/h4-5,8-14,16H,1-3,6-7H2,(H2,24,25,26,27). The second-order valence-corrected chi connectivity index (χ2v) is 7.19. The van der Waals surface area contributed by atoms with E-state index in [1.807, 2.05) is 42.5 Å². The van der Waals surface area contributed by atoms with Gasteiger partial charge in [0, 0.05) is 30.1 Å². The molecule has 0 unspecified atom stereocenters. The maximum absolute atomic E-state index is 6.30. The highest BCUT2D eigenvalue weighted by molar-refractivity contribution is 6.33. The fourth-order valence-electron chi connectivity index (χ4n) is 3.38. The number of para-hydroxylation sites is 1. The number of rotatable bonds is 5. The Bertz CT molecular complexity index is 894. The summed E-state index contributed by atoms with van der Waals surface area (Å²) in [4.78, 5) is 13.5. The smallest absolute Gasteiger partial charge is 0.225 e. The van der Waals surface area contributed by atoms with Gasteiger partial charge in [-0.2, -0.15) is 4.98 Å². The molecule has 2 heterocycles. The van der Waals surface area contributed by atoms with Gasteiger partial charge in [-0.15, -0.1) is 0 Å². The molecule has 138 valence electrons. The summed E-state index contributed by atoms with van der Waals surface area (Å²) in [6.45, 7) is 0. The van der Waals surface area contributed by atoms with Crippen molar-refractivity contribution in [2.75, 3.05) is 10.6 Å². The van der Waals surface area contributed by atoms with Crippen molar-refractivity contribution in [1.29, 1.82) is 0 Å². The molecule has 0 saturated heterocycles. The van der Waals surface area contributed by atoms with Crippen LogP contribution >= 0.6 is 11.6 Å². The Morgan fingerprint density at radius 3 is 2.48 bits per heavy atom. The average molecular weight is 380 g/mol. The Balaban J connectivity index is 1.66. The monoisotopic (exact) mass is 379 g/mol. The number of pyridine rings is 1. The number of nitrogens with one attached hydrogen (secondary N) is 2. The van der Waals surface area contributed by atoms with Crippen LogP contribution in [0.5, 0.6) is 0 Å². The van der Waals surface area contributed by atoms with Crippen molar-refractivity contribution in [2.24, 2.45) is 0 Å². The Morgan fingerprint density at radius 1 is 0.926 bits per heavy atom. The predicted octanol–water partition coefficient (Wildman–Crippen LogP) is 5.68. The molecule has 1 aliphatic carbocycles. The summed E-state index contributed by atoms with van der Waals surface area (Å²) in [5.74, 6) is 1.36. The van der Waals surface area contributed by atoms with E-state index in [1.165, 1.54) is 19.3 Å². The molecule has 1 aromatic carbocycles. The molecule has 2 aromatic heterocycles. The third-order valence-corrected chi connectivity index (χ3v) is 5.11. The zero-order valence-corrected chi connectivity index (χ0v) is 15.8. The molecule has 0 aliphatic heterocycles. The van der Waals surface area contributed by atoms with Crippen molar-refractivity contribution in [3.63, 3.8) is 0 Å². The van der Waals surface area contributed by atoms with Crippen LogP contribution in [0, 0.1) is 0 Å². The maximum atomic E-state index is 6.30. The molecule has 1 aliphatic rings. The van der Waals surface area contributed by atoms with Crippen LogP contribution in [-0.2, 0) is 0 Å². The van der Waals surface area contributed by atoms with Crippen LogP contribution in [0.15, 0.2) is 54.9 Å². The molecule has 2 N–H and O–H groups in total. The van der Waals surface area contributed by atoms with E-state index in [9.17, 15) is 0 Å². The van der Waals surface area contributed by atoms with Gasteiger partial charge in [-0.1, -0.05) is 43.0 Å². The maximum Gasteiger partial charge on any atom is 0.225 e. The number of hydrogen-bond donors (Lipinski definition) is 2. The zero-order valence-electron chi connectivity index (χ0n) is 15.0. The fourth-order valence-corrected chi connectivity index (χ4v) is 3.56. The second kappa shape index (κ2) is 8.35. The van der Waals surface area contributed by atoms with Gasteiger partial charge in [0.25, 0.3) is 0 Å². The minimum Gasteiger partial charge on any atom is -0.351 e. The number of hydrogen-bond acceptors (Lipinski definition) is 5. The van der Waals surface area contributed by atoms with Crippen LogP contribution in [-0.4, -0.2) is 21.0 Å². The van der Waals surface area contributed by atoms with Gasteiger partial charge in [-0.05, 0) is 37.1 Å². The van der Waals surface area contributed by atoms with Gasteiger partial charge in [0.15, 0.2) is 0 Å². The third kappa shape index (κ3) is 4.55. The predicted molar refractivity (Wildman–Crippen MR) is 110 cm³/mol. The molecule has 0 bridgehead atoms. The molecule has 4 rings (SSSR count). The number of halogens is 1.